The monoisotopic (exact) mass is 265 g/mol. The molecule has 1 rings (SSSR count). The predicted octanol–water partition coefficient (Wildman–Crippen LogP) is 3.27. The molecule has 0 amide bonds. The van der Waals surface area contributed by atoms with E-state index in [2.05, 4.69) is 38.2 Å². The molecular formula is C16H27NO2. The van der Waals surface area contributed by atoms with E-state index in [0.29, 0.717) is 12.0 Å². The molecular weight excluding hydrogens is 238 g/mol. The van der Waals surface area contributed by atoms with Crippen LogP contribution < -0.4 is 14.8 Å². The molecule has 1 aromatic rings. The molecule has 0 aliphatic rings. The van der Waals surface area contributed by atoms with Crippen molar-refractivity contribution >= 4 is 0 Å². The Labute approximate surface area is 117 Å². The van der Waals surface area contributed by atoms with E-state index in [1.165, 1.54) is 12.0 Å². The first-order chi connectivity index (χ1) is 9.10. The van der Waals surface area contributed by atoms with Crippen LogP contribution in [0.2, 0.25) is 0 Å². The van der Waals surface area contributed by atoms with Crippen LogP contribution in [-0.4, -0.2) is 26.8 Å². The van der Waals surface area contributed by atoms with Gasteiger partial charge in [-0.15, -0.1) is 0 Å². The normalized spacial score (nSPS) is 12.5. The first-order valence-corrected chi connectivity index (χ1v) is 7.05. The minimum atomic E-state index is 0.517. The molecule has 19 heavy (non-hydrogen) atoms. The molecule has 1 aromatic carbocycles. The standard InChI is InChI=1S/C16H27NO2/c1-6-17-14(9-12(2)3)10-13-7-8-15(18-4)16(11-13)19-5/h7-8,11-12,14,17H,6,9-10H2,1-5H3. The lowest BCUT2D eigenvalue weighted by atomic mass is 9.97. The molecule has 0 aliphatic carbocycles. The maximum Gasteiger partial charge on any atom is 0.160 e. The van der Waals surface area contributed by atoms with E-state index in [1.807, 2.05) is 6.07 Å². The molecule has 1 N–H and O–H groups in total. The third kappa shape index (κ3) is 5.11. The average Bonchev–Trinajstić information content (AvgIpc) is 2.38. The van der Waals surface area contributed by atoms with E-state index in [9.17, 15) is 0 Å². The summed E-state index contributed by atoms with van der Waals surface area (Å²) in [4.78, 5) is 0. The third-order valence-electron chi connectivity index (χ3n) is 3.18. The van der Waals surface area contributed by atoms with Crippen LogP contribution in [0.25, 0.3) is 0 Å². The number of methoxy groups -OCH3 is 2. The summed E-state index contributed by atoms with van der Waals surface area (Å²) < 4.78 is 10.6. The maximum absolute atomic E-state index is 5.35. The lowest BCUT2D eigenvalue weighted by Gasteiger charge is -2.20. The van der Waals surface area contributed by atoms with Crippen molar-refractivity contribution in [2.24, 2.45) is 5.92 Å². The first kappa shape index (κ1) is 15.8. The van der Waals surface area contributed by atoms with Crippen molar-refractivity contribution < 1.29 is 9.47 Å². The van der Waals surface area contributed by atoms with E-state index < -0.39 is 0 Å². The Morgan fingerprint density at radius 1 is 1.11 bits per heavy atom. The van der Waals surface area contributed by atoms with Crippen molar-refractivity contribution in [3.8, 4) is 11.5 Å². The van der Waals surface area contributed by atoms with Crippen LogP contribution in [0.1, 0.15) is 32.8 Å². The van der Waals surface area contributed by atoms with Gasteiger partial charge in [0.05, 0.1) is 14.2 Å². The van der Waals surface area contributed by atoms with Crippen LogP contribution in [0, 0.1) is 5.92 Å². The maximum atomic E-state index is 5.35. The van der Waals surface area contributed by atoms with Gasteiger partial charge in [-0.25, -0.2) is 0 Å². The quantitative estimate of drug-likeness (QED) is 0.782. The van der Waals surface area contributed by atoms with Gasteiger partial charge >= 0.3 is 0 Å². The molecule has 108 valence electrons. The SMILES string of the molecule is CCNC(Cc1ccc(OC)c(OC)c1)CC(C)C. The smallest absolute Gasteiger partial charge is 0.160 e. The number of nitrogens with one attached hydrogen (secondary N) is 1. The van der Waals surface area contributed by atoms with Crippen molar-refractivity contribution in [1.29, 1.82) is 0 Å². The van der Waals surface area contributed by atoms with Gasteiger partial charge in [0.2, 0.25) is 0 Å². The Balaban J connectivity index is 2.78. The van der Waals surface area contributed by atoms with Gasteiger partial charge in [0.1, 0.15) is 0 Å². The van der Waals surface area contributed by atoms with Gasteiger partial charge < -0.3 is 14.8 Å². The lowest BCUT2D eigenvalue weighted by molar-refractivity contribution is 0.354. The molecule has 3 nitrogen and oxygen atoms in total. The van der Waals surface area contributed by atoms with Gasteiger partial charge in [-0.2, -0.15) is 0 Å². The van der Waals surface area contributed by atoms with Crippen molar-refractivity contribution in [2.45, 2.75) is 39.7 Å². The molecule has 0 saturated carbocycles. The molecule has 0 radical (unpaired) electrons. The second-order valence-electron chi connectivity index (χ2n) is 5.28. The topological polar surface area (TPSA) is 30.5 Å². The van der Waals surface area contributed by atoms with Crippen LogP contribution in [0.5, 0.6) is 11.5 Å². The molecule has 1 atom stereocenters. The predicted molar refractivity (Wildman–Crippen MR) is 80.2 cm³/mol. The fraction of sp³-hybridized carbons (Fsp3) is 0.625. The van der Waals surface area contributed by atoms with Crippen LogP contribution >= 0.6 is 0 Å². The Bertz CT molecular complexity index is 377. The van der Waals surface area contributed by atoms with Crippen molar-refractivity contribution in [3.63, 3.8) is 0 Å². The summed E-state index contributed by atoms with van der Waals surface area (Å²) in [5.41, 5.74) is 1.28. The van der Waals surface area contributed by atoms with E-state index in [4.69, 9.17) is 9.47 Å². The van der Waals surface area contributed by atoms with Crippen LogP contribution in [-0.2, 0) is 6.42 Å². The number of ether oxygens (including phenoxy) is 2. The Morgan fingerprint density at radius 2 is 1.79 bits per heavy atom. The first-order valence-electron chi connectivity index (χ1n) is 7.05. The highest BCUT2D eigenvalue weighted by molar-refractivity contribution is 5.43. The molecule has 0 aliphatic heterocycles. The Morgan fingerprint density at radius 3 is 2.32 bits per heavy atom. The lowest BCUT2D eigenvalue weighted by Crippen LogP contribution is -2.32. The summed E-state index contributed by atoms with van der Waals surface area (Å²) in [6.07, 6.45) is 2.20. The molecule has 0 spiro atoms. The average molecular weight is 265 g/mol. The van der Waals surface area contributed by atoms with Gasteiger partial charge in [-0.05, 0) is 43.0 Å². The largest absolute Gasteiger partial charge is 0.493 e. The summed E-state index contributed by atoms with van der Waals surface area (Å²) in [7, 11) is 3.34. The van der Waals surface area contributed by atoms with Gasteiger partial charge in [0.15, 0.2) is 11.5 Å². The fourth-order valence-corrected chi connectivity index (χ4v) is 2.39. The number of benzene rings is 1. The van der Waals surface area contributed by atoms with Gasteiger partial charge in [-0.1, -0.05) is 26.8 Å². The van der Waals surface area contributed by atoms with Crippen LogP contribution in [0.3, 0.4) is 0 Å². The van der Waals surface area contributed by atoms with Gasteiger partial charge in [0.25, 0.3) is 0 Å². The summed E-state index contributed by atoms with van der Waals surface area (Å²) in [6, 6.07) is 6.69. The van der Waals surface area contributed by atoms with Crippen molar-refractivity contribution in [1.82, 2.24) is 5.32 Å². The molecule has 0 fully saturated rings. The minimum absolute atomic E-state index is 0.517. The van der Waals surface area contributed by atoms with Crippen LogP contribution in [0.15, 0.2) is 18.2 Å². The molecule has 1 unspecified atom stereocenters. The van der Waals surface area contributed by atoms with E-state index in [-0.39, 0.29) is 0 Å². The van der Waals surface area contributed by atoms with Crippen molar-refractivity contribution in [3.05, 3.63) is 23.8 Å². The van der Waals surface area contributed by atoms with Crippen molar-refractivity contribution in [2.75, 3.05) is 20.8 Å². The Hall–Kier alpha value is -1.22. The number of hydrogen-bond donors (Lipinski definition) is 1. The zero-order chi connectivity index (χ0) is 14.3. The molecule has 0 heterocycles. The summed E-state index contributed by atoms with van der Waals surface area (Å²) >= 11 is 0. The second-order valence-corrected chi connectivity index (χ2v) is 5.28. The van der Waals surface area contributed by atoms with Crippen LogP contribution in [0.4, 0.5) is 0 Å². The summed E-state index contributed by atoms with van der Waals surface area (Å²) in [5.74, 6) is 2.29. The van der Waals surface area contributed by atoms with Gasteiger partial charge in [-0.3, -0.25) is 0 Å². The van der Waals surface area contributed by atoms with E-state index in [1.54, 1.807) is 14.2 Å². The highest BCUT2D eigenvalue weighted by Gasteiger charge is 2.12. The van der Waals surface area contributed by atoms with E-state index in [0.717, 1.165) is 24.5 Å². The minimum Gasteiger partial charge on any atom is -0.493 e. The highest BCUT2D eigenvalue weighted by atomic mass is 16.5. The summed E-state index contributed by atoms with van der Waals surface area (Å²) in [5, 5.41) is 3.56. The molecule has 0 aromatic heterocycles. The number of rotatable bonds is 8. The third-order valence-corrected chi connectivity index (χ3v) is 3.18. The number of likely N-dealkylation sites (N-methyl/N-ethyl adjacent to an activating group) is 1. The Kier molecular flexibility index (Phi) is 6.71. The zero-order valence-electron chi connectivity index (χ0n) is 12.8. The molecule has 0 saturated heterocycles. The fourth-order valence-electron chi connectivity index (χ4n) is 2.39. The molecule has 0 bridgehead atoms. The van der Waals surface area contributed by atoms with E-state index >= 15 is 0 Å². The summed E-state index contributed by atoms with van der Waals surface area (Å²) in [6.45, 7) is 7.69. The molecule has 3 heteroatoms. The highest BCUT2D eigenvalue weighted by Crippen LogP contribution is 2.28. The van der Waals surface area contributed by atoms with Gasteiger partial charge in [0, 0.05) is 6.04 Å². The number of hydrogen-bond acceptors (Lipinski definition) is 3. The zero-order valence-corrected chi connectivity index (χ0v) is 12.8. The second kappa shape index (κ2) is 8.05.